The van der Waals surface area contributed by atoms with Crippen LogP contribution in [0, 0.1) is 11.6 Å². The standard InChI is InChI=1S/C18H16FN3OS.C16H12FN3OS/c1-3-22-17(23)15(12-4-6-14(19)7-5-12)16(21-18(22)24-2)13-8-10-20-11-9-13;1-22-16-19-14(11-6-8-18-9-7-11)13(15(21)20-16)10-2-4-12(17)5-3-10/h4-11H,3H2,1-2H3;2-9H,1H3,(H,19,20,21). The minimum Gasteiger partial charge on any atom is -0.301 e. The molecule has 0 radical (unpaired) electrons. The zero-order valence-corrected chi connectivity index (χ0v) is 26.7. The second-order valence-corrected chi connectivity index (χ2v) is 11.2. The summed E-state index contributed by atoms with van der Waals surface area (Å²) in [5, 5.41) is 1.18. The van der Waals surface area contributed by atoms with E-state index in [2.05, 4.69) is 19.9 Å². The lowest BCUT2D eigenvalue weighted by Crippen LogP contribution is -2.25. The van der Waals surface area contributed by atoms with Gasteiger partial charge < -0.3 is 4.98 Å². The first-order valence-electron chi connectivity index (χ1n) is 14.0. The van der Waals surface area contributed by atoms with Crippen LogP contribution in [0.3, 0.4) is 0 Å². The third-order valence-corrected chi connectivity index (χ3v) is 8.15. The van der Waals surface area contributed by atoms with Gasteiger partial charge >= 0.3 is 0 Å². The molecule has 4 aromatic heterocycles. The van der Waals surface area contributed by atoms with Crippen molar-refractivity contribution in [1.82, 2.24) is 29.5 Å². The number of hydrogen-bond acceptors (Lipinski definition) is 8. The van der Waals surface area contributed by atoms with Crippen molar-refractivity contribution in [2.45, 2.75) is 23.8 Å². The lowest BCUT2D eigenvalue weighted by Gasteiger charge is -2.15. The Morgan fingerprint density at radius 1 is 0.652 bits per heavy atom. The number of nitrogens with zero attached hydrogens (tertiary/aromatic N) is 5. The highest BCUT2D eigenvalue weighted by Gasteiger charge is 2.19. The first kappa shape index (κ1) is 32.5. The fraction of sp³-hybridized carbons (Fsp3) is 0.118. The maximum absolute atomic E-state index is 13.3. The summed E-state index contributed by atoms with van der Waals surface area (Å²) in [6, 6.07) is 18.9. The highest BCUT2D eigenvalue weighted by Crippen LogP contribution is 2.30. The van der Waals surface area contributed by atoms with Gasteiger partial charge in [-0.3, -0.25) is 24.1 Å². The third-order valence-electron chi connectivity index (χ3n) is 6.90. The van der Waals surface area contributed by atoms with Gasteiger partial charge in [0.2, 0.25) is 0 Å². The molecule has 232 valence electrons. The van der Waals surface area contributed by atoms with Gasteiger partial charge in [-0.25, -0.2) is 18.7 Å². The zero-order valence-electron chi connectivity index (χ0n) is 25.1. The van der Waals surface area contributed by atoms with E-state index in [1.165, 1.54) is 47.8 Å². The van der Waals surface area contributed by atoms with Gasteiger partial charge in [-0.2, -0.15) is 0 Å². The van der Waals surface area contributed by atoms with Crippen molar-refractivity contribution in [3.8, 4) is 44.8 Å². The van der Waals surface area contributed by atoms with Crippen LogP contribution in [0.2, 0.25) is 0 Å². The van der Waals surface area contributed by atoms with Gasteiger partial charge in [-0.1, -0.05) is 47.8 Å². The summed E-state index contributed by atoms with van der Waals surface area (Å²) >= 11 is 2.78. The largest absolute Gasteiger partial charge is 0.301 e. The molecule has 0 aliphatic rings. The molecule has 12 heteroatoms. The second kappa shape index (κ2) is 14.9. The number of H-pyrrole nitrogens is 1. The van der Waals surface area contributed by atoms with Gasteiger partial charge in [-0.05, 0) is 79.1 Å². The van der Waals surface area contributed by atoms with Gasteiger partial charge in [0.05, 0.1) is 22.5 Å². The van der Waals surface area contributed by atoms with Crippen LogP contribution in [-0.2, 0) is 6.54 Å². The first-order chi connectivity index (χ1) is 22.3. The molecule has 0 saturated carbocycles. The van der Waals surface area contributed by atoms with Gasteiger partial charge in [-0.15, -0.1) is 0 Å². The molecule has 0 spiro atoms. The summed E-state index contributed by atoms with van der Waals surface area (Å²) in [5.74, 6) is -0.687. The molecule has 0 unspecified atom stereocenters. The van der Waals surface area contributed by atoms with Gasteiger partial charge in [0, 0.05) is 42.5 Å². The molecule has 0 aliphatic carbocycles. The summed E-state index contributed by atoms with van der Waals surface area (Å²) in [5.41, 5.74) is 4.52. The van der Waals surface area contributed by atoms with Crippen LogP contribution in [0.1, 0.15) is 6.92 Å². The van der Waals surface area contributed by atoms with Crippen LogP contribution < -0.4 is 11.1 Å². The van der Waals surface area contributed by atoms with Crippen molar-refractivity contribution in [3.05, 3.63) is 130 Å². The first-order valence-corrected chi connectivity index (χ1v) is 16.5. The average Bonchev–Trinajstić information content (AvgIpc) is 3.09. The predicted octanol–water partition coefficient (Wildman–Crippen LogP) is 7.21. The van der Waals surface area contributed by atoms with E-state index in [-0.39, 0.29) is 22.8 Å². The molecule has 0 saturated heterocycles. The maximum Gasteiger partial charge on any atom is 0.262 e. The van der Waals surface area contributed by atoms with Gasteiger partial charge in [0.1, 0.15) is 11.6 Å². The summed E-state index contributed by atoms with van der Waals surface area (Å²) in [6.45, 7) is 2.43. The van der Waals surface area contributed by atoms with Crippen molar-refractivity contribution in [2.24, 2.45) is 0 Å². The lowest BCUT2D eigenvalue weighted by molar-refractivity contribution is 0.625. The number of hydrogen-bond donors (Lipinski definition) is 1. The van der Waals surface area contributed by atoms with E-state index in [1.54, 1.807) is 65.8 Å². The number of aromatic amines is 1. The summed E-state index contributed by atoms with van der Waals surface area (Å²) in [6.07, 6.45) is 10.3. The number of nitrogens with one attached hydrogen (secondary N) is 1. The highest BCUT2D eigenvalue weighted by atomic mass is 32.2. The normalized spacial score (nSPS) is 10.7. The van der Waals surface area contributed by atoms with E-state index in [4.69, 9.17) is 4.98 Å². The fourth-order valence-electron chi connectivity index (χ4n) is 4.72. The SMILES string of the molecule is CCn1c(SC)nc(-c2ccncc2)c(-c2ccc(F)cc2)c1=O.CSc1nc(-c2ccncc2)c(-c2ccc(F)cc2)c(=O)[nH]1. The van der Waals surface area contributed by atoms with E-state index in [1.807, 2.05) is 31.6 Å². The monoisotopic (exact) mass is 654 g/mol. The molecule has 4 heterocycles. The molecule has 0 amide bonds. The number of pyridine rings is 2. The van der Waals surface area contributed by atoms with Crippen molar-refractivity contribution in [1.29, 1.82) is 0 Å². The van der Waals surface area contributed by atoms with Crippen LogP contribution in [-0.4, -0.2) is 42.0 Å². The van der Waals surface area contributed by atoms with Crippen LogP contribution in [0.15, 0.2) is 117 Å². The molecule has 6 rings (SSSR count). The number of halogens is 2. The molecule has 2 aromatic carbocycles. The quantitative estimate of drug-likeness (QED) is 0.142. The number of aromatic nitrogens is 6. The summed E-state index contributed by atoms with van der Waals surface area (Å²) in [4.78, 5) is 45.5. The van der Waals surface area contributed by atoms with Crippen molar-refractivity contribution in [3.63, 3.8) is 0 Å². The molecular weight excluding hydrogens is 627 g/mol. The van der Waals surface area contributed by atoms with Crippen LogP contribution in [0.4, 0.5) is 8.78 Å². The predicted molar refractivity (Wildman–Crippen MR) is 180 cm³/mol. The van der Waals surface area contributed by atoms with Gasteiger partial charge in [0.15, 0.2) is 10.3 Å². The molecular formula is C34H28F2N6O2S2. The summed E-state index contributed by atoms with van der Waals surface area (Å²) < 4.78 is 28.0. The Labute approximate surface area is 272 Å². The molecule has 0 fully saturated rings. The van der Waals surface area contributed by atoms with E-state index < -0.39 is 0 Å². The number of thioether (sulfide) groups is 2. The van der Waals surface area contributed by atoms with E-state index >= 15 is 0 Å². The Balaban J connectivity index is 0.000000182. The number of benzene rings is 2. The van der Waals surface area contributed by atoms with Crippen LogP contribution in [0.5, 0.6) is 0 Å². The van der Waals surface area contributed by atoms with Crippen molar-refractivity contribution >= 4 is 23.5 Å². The van der Waals surface area contributed by atoms with E-state index in [0.29, 0.717) is 50.5 Å². The molecule has 6 aromatic rings. The molecule has 0 aliphatic heterocycles. The Hall–Kier alpha value is -4.94. The summed E-state index contributed by atoms with van der Waals surface area (Å²) in [7, 11) is 0. The lowest BCUT2D eigenvalue weighted by atomic mass is 10.0. The Kier molecular flexibility index (Phi) is 10.5. The van der Waals surface area contributed by atoms with E-state index in [9.17, 15) is 18.4 Å². The minimum atomic E-state index is -0.348. The molecule has 8 nitrogen and oxygen atoms in total. The third kappa shape index (κ3) is 7.13. The van der Waals surface area contributed by atoms with Gasteiger partial charge in [0.25, 0.3) is 11.1 Å². The average molecular weight is 655 g/mol. The van der Waals surface area contributed by atoms with Crippen LogP contribution >= 0.6 is 23.5 Å². The highest BCUT2D eigenvalue weighted by molar-refractivity contribution is 7.98. The molecule has 0 bridgehead atoms. The topological polar surface area (TPSA) is 106 Å². The zero-order chi connectivity index (χ0) is 32.6. The molecule has 46 heavy (non-hydrogen) atoms. The number of rotatable bonds is 7. The minimum absolute atomic E-state index is 0.129. The molecule has 1 N–H and O–H groups in total. The van der Waals surface area contributed by atoms with Crippen LogP contribution in [0.25, 0.3) is 44.8 Å². The second-order valence-electron chi connectivity index (χ2n) is 9.66. The fourth-order valence-corrected chi connectivity index (χ4v) is 5.71. The molecule has 0 atom stereocenters. The Morgan fingerprint density at radius 2 is 1.13 bits per heavy atom. The van der Waals surface area contributed by atoms with Crippen molar-refractivity contribution < 1.29 is 8.78 Å². The Morgan fingerprint density at radius 3 is 1.59 bits per heavy atom. The van der Waals surface area contributed by atoms with E-state index in [0.717, 1.165) is 11.1 Å². The van der Waals surface area contributed by atoms with Crippen molar-refractivity contribution in [2.75, 3.05) is 12.5 Å². The maximum atomic E-state index is 13.3. The smallest absolute Gasteiger partial charge is 0.262 e. The Bertz CT molecular complexity index is 2060.